The van der Waals surface area contributed by atoms with Gasteiger partial charge < -0.3 is 15.6 Å². The first kappa shape index (κ1) is 17.3. The van der Waals surface area contributed by atoms with Crippen molar-refractivity contribution < 1.29 is 9.59 Å². The van der Waals surface area contributed by atoms with E-state index in [4.69, 9.17) is 5.73 Å². The van der Waals surface area contributed by atoms with Gasteiger partial charge in [0.1, 0.15) is 11.4 Å². The number of nitrogens with two attached hydrogens (primary N) is 1. The van der Waals surface area contributed by atoms with E-state index in [1.807, 2.05) is 37.6 Å². The van der Waals surface area contributed by atoms with Gasteiger partial charge in [-0.15, -0.1) is 0 Å². The predicted octanol–water partition coefficient (Wildman–Crippen LogP) is 1.60. The highest BCUT2D eigenvalue weighted by Crippen LogP contribution is 2.25. The number of carbonyl (C=O) groups is 2. The van der Waals surface area contributed by atoms with Gasteiger partial charge in [-0.25, -0.2) is 0 Å². The molecule has 2 heterocycles. The number of nitrogens with one attached hydrogen (secondary N) is 1. The number of rotatable bonds is 4. The quantitative estimate of drug-likeness (QED) is 0.883. The molecule has 1 aliphatic carbocycles. The molecular formula is C18H25N5O2. The van der Waals surface area contributed by atoms with Crippen LogP contribution in [0.5, 0.6) is 0 Å². The molecule has 2 aromatic heterocycles. The molecule has 0 radical (unpaired) electrons. The highest BCUT2D eigenvalue weighted by Gasteiger charge is 2.28. The van der Waals surface area contributed by atoms with Gasteiger partial charge in [0, 0.05) is 30.4 Å². The normalized spacial score (nSPS) is 20.4. The lowest BCUT2D eigenvalue weighted by Crippen LogP contribution is -2.41. The highest BCUT2D eigenvalue weighted by atomic mass is 16.2. The van der Waals surface area contributed by atoms with E-state index < -0.39 is 0 Å². The van der Waals surface area contributed by atoms with Crippen LogP contribution in [0.25, 0.3) is 5.82 Å². The van der Waals surface area contributed by atoms with E-state index in [2.05, 4.69) is 10.4 Å². The van der Waals surface area contributed by atoms with Crippen LogP contribution in [0.3, 0.4) is 0 Å². The summed E-state index contributed by atoms with van der Waals surface area (Å²) < 4.78 is 3.73. The van der Waals surface area contributed by atoms with Crippen molar-refractivity contribution in [2.24, 2.45) is 18.7 Å². The van der Waals surface area contributed by atoms with Crippen molar-refractivity contribution in [3.05, 3.63) is 35.3 Å². The number of nitrogens with zero attached hydrogens (tertiary/aromatic N) is 3. The molecule has 0 saturated heterocycles. The fourth-order valence-electron chi connectivity index (χ4n) is 3.70. The van der Waals surface area contributed by atoms with Gasteiger partial charge >= 0.3 is 0 Å². The Morgan fingerprint density at radius 3 is 2.56 bits per heavy atom. The molecule has 0 bridgehead atoms. The highest BCUT2D eigenvalue weighted by molar-refractivity contribution is 5.97. The largest absolute Gasteiger partial charge is 0.369 e. The Hall–Kier alpha value is -2.57. The van der Waals surface area contributed by atoms with E-state index in [0.717, 1.165) is 36.5 Å². The van der Waals surface area contributed by atoms with Gasteiger partial charge in [0.25, 0.3) is 5.91 Å². The molecule has 1 fully saturated rings. The van der Waals surface area contributed by atoms with Crippen molar-refractivity contribution in [3.8, 4) is 5.82 Å². The Kier molecular flexibility index (Phi) is 4.65. The molecule has 1 saturated carbocycles. The summed E-state index contributed by atoms with van der Waals surface area (Å²) in [6, 6.07) is 4.00. The summed E-state index contributed by atoms with van der Waals surface area (Å²) in [5.41, 5.74) is 8.05. The van der Waals surface area contributed by atoms with Crippen LogP contribution >= 0.6 is 0 Å². The topological polar surface area (TPSA) is 94.9 Å². The molecule has 25 heavy (non-hydrogen) atoms. The van der Waals surface area contributed by atoms with E-state index in [-0.39, 0.29) is 23.8 Å². The Morgan fingerprint density at radius 1 is 1.24 bits per heavy atom. The summed E-state index contributed by atoms with van der Waals surface area (Å²) in [6.45, 7) is 4.00. The smallest absolute Gasteiger partial charge is 0.256 e. The number of aryl methyl sites for hydroxylation is 3. The first-order valence-electron chi connectivity index (χ1n) is 8.66. The predicted molar refractivity (Wildman–Crippen MR) is 94.4 cm³/mol. The Labute approximate surface area is 147 Å². The molecule has 134 valence electrons. The number of hydrogen-bond acceptors (Lipinski definition) is 3. The van der Waals surface area contributed by atoms with Crippen molar-refractivity contribution in [3.63, 3.8) is 0 Å². The molecule has 3 rings (SSSR count). The van der Waals surface area contributed by atoms with Crippen LogP contribution in [0.15, 0.2) is 18.3 Å². The lowest BCUT2D eigenvalue weighted by molar-refractivity contribution is -0.122. The van der Waals surface area contributed by atoms with E-state index in [9.17, 15) is 9.59 Å². The maximum absolute atomic E-state index is 12.8. The Balaban J connectivity index is 1.83. The van der Waals surface area contributed by atoms with Crippen LogP contribution in [-0.4, -0.2) is 32.2 Å². The van der Waals surface area contributed by atoms with E-state index >= 15 is 0 Å². The molecule has 7 heteroatoms. The summed E-state index contributed by atoms with van der Waals surface area (Å²) in [6.07, 6.45) is 4.78. The molecule has 2 aromatic rings. The minimum Gasteiger partial charge on any atom is -0.369 e. The molecule has 7 nitrogen and oxygen atoms in total. The summed E-state index contributed by atoms with van der Waals surface area (Å²) in [5.74, 6) is 0.159. The average molecular weight is 343 g/mol. The third kappa shape index (κ3) is 3.31. The summed E-state index contributed by atoms with van der Waals surface area (Å²) >= 11 is 0. The molecule has 1 aliphatic rings. The lowest BCUT2D eigenvalue weighted by atomic mass is 9.85. The Morgan fingerprint density at radius 2 is 1.92 bits per heavy atom. The zero-order valence-corrected chi connectivity index (χ0v) is 15.0. The second-order valence-corrected chi connectivity index (χ2v) is 6.89. The van der Waals surface area contributed by atoms with Gasteiger partial charge in [-0.3, -0.25) is 14.3 Å². The summed E-state index contributed by atoms with van der Waals surface area (Å²) in [5, 5.41) is 7.33. The molecule has 0 spiro atoms. The van der Waals surface area contributed by atoms with Crippen molar-refractivity contribution in [1.29, 1.82) is 0 Å². The van der Waals surface area contributed by atoms with Crippen molar-refractivity contribution in [1.82, 2.24) is 19.7 Å². The molecule has 0 unspecified atom stereocenters. The third-order valence-corrected chi connectivity index (χ3v) is 5.05. The minimum absolute atomic E-state index is 0.0290. The Bertz CT molecular complexity index is 785. The van der Waals surface area contributed by atoms with Gasteiger partial charge in [0.15, 0.2) is 0 Å². The minimum atomic E-state index is -0.278. The SMILES string of the molecule is Cc1ccc(C)n1-c1c(C(=O)N[C@H]2CCC[C@H](C(N)=O)C2)cnn1C. The van der Waals surface area contributed by atoms with Crippen molar-refractivity contribution in [2.75, 3.05) is 0 Å². The van der Waals surface area contributed by atoms with E-state index in [0.29, 0.717) is 12.0 Å². The molecule has 3 N–H and O–H groups in total. The standard InChI is InChI=1S/C18H25N5O2/c1-11-7-8-12(2)23(11)18-15(10-20-22(18)3)17(25)21-14-6-4-5-13(9-14)16(19)24/h7-8,10,13-14H,4-6,9H2,1-3H3,(H2,19,24)(H,21,25)/t13-,14-/m0/s1. The molecule has 2 atom stereocenters. The second kappa shape index (κ2) is 6.74. The average Bonchev–Trinajstić information content (AvgIpc) is 3.10. The number of hydrogen-bond donors (Lipinski definition) is 2. The monoisotopic (exact) mass is 343 g/mol. The maximum Gasteiger partial charge on any atom is 0.256 e. The molecular weight excluding hydrogens is 318 g/mol. The third-order valence-electron chi connectivity index (χ3n) is 5.05. The van der Waals surface area contributed by atoms with Gasteiger partial charge in [-0.05, 0) is 45.2 Å². The summed E-state index contributed by atoms with van der Waals surface area (Å²) in [7, 11) is 1.83. The fraction of sp³-hybridized carbons (Fsp3) is 0.500. The van der Waals surface area contributed by atoms with Crippen LogP contribution in [0.2, 0.25) is 0 Å². The molecule has 0 aromatic carbocycles. The number of carbonyl (C=O) groups excluding carboxylic acids is 2. The van der Waals surface area contributed by atoms with Crippen LogP contribution < -0.4 is 11.1 Å². The zero-order chi connectivity index (χ0) is 18.1. The molecule has 2 amide bonds. The first-order valence-corrected chi connectivity index (χ1v) is 8.66. The lowest BCUT2D eigenvalue weighted by Gasteiger charge is -2.28. The summed E-state index contributed by atoms with van der Waals surface area (Å²) in [4.78, 5) is 24.3. The van der Waals surface area contributed by atoms with Crippen molar-refractivity contribution in [2.45, 2.75) is 45.6 Å². The van der Waals surface area contributed by atoms with Crippen LogP contribution in [0, 0.1) is 19.8 Å². The fourth-order valence-corrected chi connectivity index (χ4v) is 3.70. The van der Waals surface area contributed by atoms with Gasteiger partial charge in [0.05, 0.1) is 6.20 Å². The van der Waals surface area contributed by atoms with E-state index in [1.165, 1.54) is 0 Å². The zero-order valence-electron chi connectivity index (χ0n) is 15.0. The van der Waals surface area contributed by atoms with Crippen LogP contribution in [0.1, 0.15) is 47.4 Å². The number of amides is 2. The van der Waals surface area contributed by atoms with Gasteiger partial charge in [0.2, 0.25) is 5.91 Å². The second-order valence-electron chi connectivity index (χ2n) is 6.89. The van der Waals surface area contributed by atoms with Crippen LogP contribution in [-0.2, 0) is 11.8 Å². The van der Waals surface area contributed by atoms with Gasteiger partial charge in [-0.1, -0.05) is 6.42 Å². The van der Waals surface area contributed by atoms with Crippen molar-refractivity contribution >= 4 is 11.8 Å². The number of aromatic nitrogens is 3. The maximum atomic E-state index is 12.8. The molecule has 0 aliphatic heterocycles. The number of primary amides is 1. The van der Waals surface area contributed by atoms with Crippen LogP contribution in [0.4, 0.5) is 0 Å². The van der Waals surface area contributed by atoms with Gasteiger partial charge in [-0.2, -0.15) is 5.10 Å². The van der Waals surface area contributed by atoms with E-state index in [1.54, 1.807) is 10.9 Å². The first-order chi connectivity index (χ1) is 11.9.